The number of carbonyl (C=O) groups is 1. The van der Waals surface area contributed by atoms with Gasteiger partial charge in [-0.05, 0) is 19.3 Å². The van der Waals surface area contributed by atoms with Gasteiger partial charge in [0.05, 0.1) is 0 Å². The van der Waals surface area contributed by atoms with Gasteiger partial charge in [0.25, 0.3) is 0 Å². The van der Waals surface area contributed by atoms with Gasteiger partial charge in [-0.1, -0.05) is 46.5 Å². The van der Waals surface area contributed by atoms with Gasteiger partial charge < -0.3 is 0 Å². The largest absolute Gasteiger partial charge is 0.300 e. The minimum atomic E-state index is 0.319. The fourth-order valence-electron chi connectivity index (χ4n) is 1.97. The molecule has 1 heteroatoms. The number of unbranched alkanes of at least 4 members (excludes halogenated alkanes) is 1. The standard InChI is InChI=1S/C12H24O/c1-5-7-9-12(11(4)13)10(3)8-6-2/h10,12H,5-9H2,1-4H3. The fraction of sp³-hybridized carbons (Fsp3) is 0.917. The highest BCUT2D eigenvalue weighted by Gasteiger charge is 2.19. The van der Waals surface area contributed by atoms with Gasteiger partial charge in [-0.2, -0.15) is 0 Å². The van der Waals surface area contributed by atoms with Crippen LogP contribution in [0, 0.1) is 11.8 Å². The molecule has 0 aliphatic heterocycles. The molecule has 13 heavy (non-hydrogen) atoms. The highest BCUT2D eigenvalue weighted by atomic mass is 16.1. The summed E-state index contributed by atoms with van der Waals surface area (Å²) in [6, 6.07) is 0. The van der Waals surface area contributed by atoms with Crippen LogP contribution < -0.4 is 0 Å². The van der Waals surface area contributed by atoms with Crippen LogP contribution in [0.25, 0.3) is 0 Å². The number of hydrogen-bond donors (Lipinski definition) is 0. The Bertz CT molecular complexity index is 140. The molecule has 0 aromatic rings. The van der Waals surface area contributed by atoms with E-state index in [0.29, 0.717) is 17.6 Å². The first-order chi connectivity index (χ1) is 6.13. The molecule has 0 heterocycles. The SMILES string of the molecule is CCCCC(C(C)=O)C(C)CCC. The first kappa shape index (κ1) is 12.7. The number of Topliss-reactive ketones (excluding diaryl/α,β-unsaturated/α-hetero) is 1. The predicted octanol–water partition coefficient (Wildman–Crippen LogP) is 3.82. The second-order valence-corrected chi connectivity index (χ2v) is 4.13. The zero-order valence-corrected chi connectivity index (χ0v) is 9.60. The highest BCUT2D eigenvalue weighted by Crippen LogP contribution is 2.23. The van der Waals surface area contributed by atoms with Crippen molar-refractivity contribution >= 4 is 5.78 Å². The third-order valence-corrected chi connectivity index (χ3v) is 2.82. The van der Waals surface area contributed by atoms with Crippen LogP contribution in [-0.2, 0) is 4.79 Å². The van der Waals surface area contributed by atoms with Crippen LogP contribution in [0.2, 0.25) is 0 Å². The van der Waals surface area contributed by atoms with E-state index in [4.69, 9.17) is 0 Å². The van der Waals surface area contributed by atoms with Crippen molar-refractivity contribution in [3.05, 3.63) is 0 Å². The monoisotopic (exact) mass is 184 g/mol. The highest BCUT2D eigenvalue weighted by molar-refractivity contribution is 5.78. The number of carbonyl (C=O) groups excluding carboxylic acids is 1. The summed E-state index contributed by atoms with van der Waals surface area (Å²) in [6.07, 6.45) is 5.86. The Balaban J connectivity index is 3.99. The van der Waals surface area contributed by atoms with Gasteiger partial charge in [-0.25, -0.2) is 0 Å². The van der Waals surface area contributed by atoms with Crippen LogP contribution in [0.15, 0.2) is 0 Å². The van der Waals surface area contributed by atoms with Crippen LogP contribution in [0.1, 0.15) is 59.8 Å². The lowest BCUT2D eigenvalue weighted by molar-refractivity contribution is -0.122. The Morgan fingerprint density at radius 1 is 1.15 bits per heavy atom. The Labute approximate surface area is 82.9 Å². The van der Waals surface area contributed by atoms with Crippen LogP contribution in [0.3, 0.4) is 0 Å². The van der Waals surface area contributed by atoms with E-state index in [1.807, 2.05) is 0 Å². The van der Waals surface area contributed by atoms with Gasteiger partial charge >= 0.3 is 0 Å². The molecule has 0 fully saturated rings. The van der Waals surface area contributed by atoms with Crippen molar-refractivity contribution in [1.29, 1.82) is 0 Å². The Hall–Kier alpha value is -0.330. The maximum Gasteiger partial charge on any atom is 0.133 e. The maximum absolute atomic E-state index is 11.4. The summed E-state index contributed by atoms with van der Waals surface area (Å²) in [4.78, 5) is 11.4. The molecule has 0 amide bonds. The van der Waals surface area contributed by atoms with Crippen molar-refractivity contribution in [3.63, 3.8) is 0 Å². The average molecular weight is 184 g/mol. The normalized spacial score (nSPS) is 15.4. The molecule has 0 saturated carbocycles. The molecule has 2 atom stereocenters. The maximum atomic E-state index is 11.4. The molecule has 0 aliphatic carbocycles. The van der Waals surface area contributed by atoms with Crippen molar-refractivity contribution in [2.24, 2.45) is 11.8 Å². The molecule has 78 valence electrons. The van der Waals surface area contributed by atoms with Crippen molar-refractivity contribution < 1.29 is 4.79 Å². The molecule has 0 aliphatic rings. The van der Waals surface area contributed by atoms with E-state index in [0.717, 1.165) is 6.42 Å². The first-order valence-corrected chi connectivity index (χ1v) is 5.63. The lowest BCUT2D eigenvalue weighted by Crippen LogP contribution is -2.19. The molecule has 2 unspecified atom stereocenters. The van der Waals surface area contributed by atoms with Crippen LogP contribution in [0.4, 0.5) is 0 Å². The van der Waals surface area contributed by atoms with E-state index < -0.39 is 0 Å². The third kappa shape index (κ3) is 5.07. The van der Waals surface area contributed by atoms with Crippen molar-refractivity contribution in [1.82, 2.24) is 0 Å². The van der Waals surface area contributed by atoms with Crippen LogP contribution in [-0.4, -0.2) is 5.78 Å². The molecule has 0 radical (unpaired) electrons. The van der Waals surface area contributed by atoms with E-state index in [1.165, 1.54) is 25.7 Å². The number of rotatable bonds is 7. The zero-order valence-electron chi connectivity index (χ0n) is 9.60. The van der Waals surface area contributed by atoms with E-state index >= 15 is 0 Å². The van der Waals surface area contributed by atoms with Gasteiger partial charge in [0.1, 0.15) is 5.78 Å². The van der Waals surface area contributed by atoms with Crippen LogP contribution in [0.5, 0.6) is 0 Å². The summed E-state index contributed by atoms with van der Waals surface area (Å²) in [7, 11) is 0. The summed E-state index contributed by atoms with van der Waals surface area (Å²) in [5.41, 5.74) is 0. The van der Waals surface area contributed by atoms with Gasteiger partial charge in [-0.15, -0.1) is 0 Å². The van der Waals surface area contributed by atoms with Gasteiger partial charge in [-0.3, -0.25) is 4.79 Å². The van der Waals surface area contributed by atoms with Crippen molar-refractivity contribution in [3.8, 4) is 0 Å². The lowest BCUT2D eigenvalue weighted by Gasteiger charge is -2.20. The predicted molar refractivity (Wildman–Crippen MR) is 57.8 cm³/mol. The Kier molecular flexibility index (Phi) is 6.93. The number of ketones is 1. The van der Waals surface area contributed by atoms with E-state index in [-0.39, 0.29) is 0 Å². The smallest absolute Gasteiger partial charge is 0.133 e. The summed E-state index contributed by atoms with van der Waals surface area (Å²) < 4.78 is 0. The van der Waals surface area contributed by atoms with Crippen LogP contribution >= 0.6 is 0 Å². The lowest BCUT2D eigenvalue weighted by atomic mass is 9.84. The summed E-state index contributed by atoms with van der Waals surface area (Å²) in [5, 5.41) is 0. The quantitative estimate of drug-likeness (QED) is 0.588. The fourth-order valence-corrected chi connectivity index (χ4v) is 1.97. The Morgan fingerprint density at radius 3 is 2.15 bits per heavy atom. The van der Waals surface area contributed by atoms with Crippen molar-refractivity contribution in [2.45, 2.75) is 59.8 Å². The second-order valence-electron chi connectivity index (χ2n) is 4.13. The van der Waals surface area contributed by atoms with Gasteiger partial charge in [0.2, 0.25) is 0 Å². The second kappa shape index (κ2) is 7.11. The molecule has 0 spiro atoms. The zero-order chi connectivity index (χ0) is 10.3. The Morgan fingerprint density at radius 2 is 1.77 bits per heavy atom. The summed E-state index contributed by atoms with van der Waals surface area (Å²) in [6.45, 7) is 8.33. The average Bonchev–Trinajstić information content (AvgIpc) is 2.05. The molecule has 0 saturated heterocycles. The minimum Gasteiger partial charge on any atom is -0.300 e. The molecule has 0 aromatic carbocycles. The topological polar surface area (TPSA) is 17.1 Å². The summed E-state index contributed by atoms with van der Waals surface area (Å²) in [5.74, 6) is 1.28. The molecular weight excluding hydrogens is 160 g/mol. The third-order valence-electron chi connectivity index (χ3n) is 2.82. The van der Waals surface area contributed by atoms with E-state index in [9.17, 15) is 4.79 Å². The van der Waals surface area contributed by atoms with Crippen molar-refractivity contribution in [2.75, 3.05) is 0 Å². The van der Waals surface area contributed by atoms with E-state index in [1.54, 1.807) is 6.92 Å². The molecule has 0 rings (SSSR count). The van der Waals surface area contributed by atoms with E-state index in [2.05, 4.69) is 20.8 Å². The first-order valence-electron chi connectivity index (χ1n) is 5.63. The summed E-state index contributed by atoms with van der Waals surface area (Å²) >= 11 is 0. The molecule has 1 nitrogen and oxygen atoms in total. The molecule has 0 aromatic heterocycles. The molecule has 0 bridgehead atoms. The minimum absolute atomic E-state index is 0.319. The molecule has 0 N–H and O–H groups in total. The van der Waals surface area contributed by atoms with Gasteiger partial charge in [0.15, 0.2) is 0 Å². The van der Waals surface area contributed by atoms with Gasteiger partial charge in [0, 0.05) is 5.92 Å². The molecular formula is C12H24O. The number of hydrogen-bond acceptors (Lipinski definition) is 1.